The maximum Gasteiger partial charge on any atom is 0.101 e. The van der Waals surface area contributed by atoms with Crippen LogP contribution < -0.4 is 5.32 Å². The molecule has 0 aromatic heterocycles. The van der Waals surface area contributed by atoms with E-state index < -0.39 is 0 Å². The van der Waals surface area contributed by atoms with Crippen LogP contribution in [0.15, 0.2) is 40.9 Å². The minimum atomic E-state index is 0.0121. The molecule has 0 bridgehead atoms. The molecule has 0 fully saturated rings. The number of nitrogens with zero attached hydrogens (tertiary/aromatic N) is 1. The van der Waals surface area contributed by atoms with Gasteiger partial charge in [0.15, 0.2) is 0 Å². The molecular weight excluding hydrogens is 359 g/mol. The second-order valence-corrected chi connectivity index (χ2v) is 6.07. The van der Waals surface area contributed by atoms with E-state index >= 15 is 0 Å². The van der Waals surface area contributed by atoms with Crippen LogP contribution in [0.2, 0.25) is 10.0 Å². The van der Waals surface area contributed by atoms with E-state index in [1.165, 1.54) is 0 Å². The Kier molecular flexibility index (Phi) is 4.93. The summed E-state index contributed by atoms with van der Waals surface area (Å²) in [7, 11) is 0. The molecule has 0 heterocycles. The summed E-state index contributed by atoms with van der Waals surface area (Å²) in [5, 5.41) is 13.5. The van der Waals surface area contributed by atoms with Gasteiger partial charge in [-0.15, -0.1) is 0 Å². The monoisotopic (exact) mass is 368 g/mol. The zero-order valence-corrected chi connectivity index (χ0v) is 13.7. The van der Waals surface area contributed by atoms with Gasteiger partial charge in [-0.2, -0.15) is 5.26 Å². The van der Waals surface area contributed by atoms with Gasteiger partial charge in [-0.3, -0.25) is 0 Å². The predicted molar refractivity (Wildman–Crippen MR) is 87.4 cm³/mol. The maximum atomic E-state index is 9.16. The van der Waals surface area contributed by atoms with E-state index in [1.807, 2.05) is 31.2 Å². The quantitative estimate of drug-likeness (QED) is 0.741. The van der Waals surface area contributed by atoms with Crippen molar-refractivity contribution in [1.82, 2.24) is 0 Å². The van der Waals surface area contributed by atoms with E-state index in [0.29, 0.717) is 15.6 Å². The van der Waals surface area contributed by atoms with Crippen molar-refractivity contribution in [2.24, 2.45) is 0 Å². The van der Waals surface area contributed by atoms with Crippen LogP contribution in [0.25, 0.3) is 0 Å². The third-order valence-corrected chi connectivity index (χ3v) is 4.15. The number of benzene rings is 2. The van der Waals surface area contributed by atoms with Gasteiger partial charge in [0.05, 0.1) is 21.3 Å². The fourth-order valence-corrected chi connectivity index (χ4v) is 2.50. The first kappa shape index (κ1) is 15.2. The second kappa shape index (κ2) is 6.49. The van der Waals surface area contributed by atoms with Crippen LogP contribution >= 0.6 is 39.1 Å². The van der Waals surface area contributed by atoms with Crippen LogP contribution in [-0.2, 0) is 0 Å². The molecule has 2 nitrogen and oxygen atoms in total. The third kappa shape index (κ3) is 3.46. The Balaban J connectivity index is 2.25. The van der Waals surface area contributed by atoms with Gasteiger partial charge in [-0.25, -0.2) is 0 Å². The summed E-state index contributed by atoms with van der Waals surface area (Å²) in [4.78, 5) is 0. The number of anilines is 1. The first-order valence-electron chi connectivity index (χ1n) is 5.92. The summed E-state index contributed by atoms with van der Waals surface area (Å²) in [6, 6.07) is 13.2. The molecule has 2 aromatic rings. The molecule has 102 valence electrons. The van der Waals surface area contributed by atoms with Crippen LogP contribution in [0, 0.1) is 11.3 Å². The first-order valence-corrected chi connectivity index (χ1v) is 7.47. The van der Waals surface area contributed by atoms with Crippen molar-refractivity contribution >= 4 is 44.8 Å². The zero-order valence-electron chi connectivity index (χ0n) is 10.6. The molecule has 5 heteroatoms. The smallest absolute Gasteiger partial charge is 0.101 e. The Labute approximate surface area is 136 Å². The van der Waals surface area contributed by atoms with E-state index in [9.17, 15) is 0 Å². The molecule has 0 aliphatic rings. The maximum absolute atomic E-state index is 9.16. The molecule has 2 rings (SSSR count). The van der Waals surface area contributed by atoms with Gasteiger partial charge in [0.25, 0.3) is 0 Å². The Morgan fingerprint density at radius 2 is 1.90 bits per heavy atom. The zero-order chi connectivity index (χ0) is 14.7. The minimum Gasteiger partial charge on any atom is -0.377 e. The molecule has 0 spiro atoms. The van der Waals surface area contributed by atoms with E-state index in [1.54, 1.807) is 12.1 Å². The van der Waals surface area contributed by atoms with E-state index in [-0.39, 0.29) is 6.04 Å². The van der Waals surface area contributed by atoms with E-state index in [0.717, 1.165) is 15.7 Å². The highest BCUT2D eigenvalue weighted by Crippen LogP contribution is 2.29. The van der Waals surface area contributed by atoms with Crippen molar-refractivity contribution < 1.29 is 0 Å². The molecule has 0 aliphatic carbocycles. The Morgan fingerprint density at radius 1 is 1.15 bits per heavy atom. The predicted octanol–water partition coefficient (Wildman–Crippen LogP) is 5.80. The summed E-state index contributed by atoms with van der Waals surface area (Å²) >= 11 is 15.3. The molecule has 0 saturated carbocycles. The average molecular weight is 370 g/mol. The normalized spacial score (nSPS) is 11.8. The highest BCUT2D eigenvalue weighted by molar-refractivity contribution is 9.10. The average Bonchev–Trinajstić information content (AvgIpc) is 2.43. The lowest BCUT2D eigenvalue weighted by atomic mass is 10.1. The molecule has 1 N–H and O–H groups in total. The number of nitrogens with one attached hydrogen (secondary N) is 1. The Bertz CT molecular complexity index is 680. The summed E-state index contributed by atoms with van der Waals surface area (Å²) < 4.78 is 0.877. The molecule has 0 aliphatic heterocycles. The van der Waals surface area contributed by atoms with Crippen LogP contribution in [-0.4, -0.2) is 0 Å². The van der Waals surface area contributed by atoms with Gasteiger partial charge in [0.1, 0.15) is 6.07 Å². The number of halogens is 3. The number of hydrogen-bond acceptors (Lipinski definition) is 2. The topological polar surface area (TPSA) is 35.8 Å². The summed E-state index contributed by atoms with van der Waals surface area (Å²) in [6.07, 6.45) is 0. The molecule has 0 amide bonds. The van der Waals surface area contributed by atoms with Gasteiger partial charge < -0.3 is 5.32 Å². The number of hydrogen-bond donors (Lipinski definition) is 1. The summed E-state index contributed by atoms with van der Waals surface area (Å²) in [5.74, 6) is 0. The molecular formula is C15H11BrCl2N2. The summed E-state index contributed by atoms with van der Waals surface area (Å²) in [6.45, 7) is 2.00. The van der Waals surface area contributed by atoms with Gasteiger partial charge in [0, 0.05) is 10.5 Å². The molecule has 0 radical (unpaired) electrons. The van der Waals surface area contributed by atoms with E-state index in [2.05, 4.69) is 27.3 Å². The first-order chi connectivity index (χ1) is 9.51. The fourth-order valence-electron chi connectivity index (χ4n) is 1.83. The Hall–Kier alpha value is -1.21. The van der Waals surface area contributed by atoms with Crippen molar-refractivity contribution in [3.05, 3.63) is 62.0 Å². The van der Waals surface area contributed by atoms with Crippen molar-refractivity contribution in [3.8, 4) is 6.07 Å². The van der Waals surface area contributed by atoms with Crippen LogP contribution in [0.1, 0.15) is 24.1 Å². The SMILES string of the molecule is CC(Nc1ccc(Br)cc1C#N)c1ccc(Cl)c(Cl)c1. The van der Waals surface area contributed by atoms with Crippen molar-refractivity contribution in [2.75, 3.05) is 5.32 Å². The molecule has 2 aromatic carbocycles. The lowest BCUT2D eigenvalue weighted by Gasteiger charge is -2.17. The molecule has 1 atom stereocenters. The van der Waals surface area contributed by atoms with Crippen molar-refractivity contribution in [2.45, 2.75) is 13.0 Å². The van der Waals surface area contributed by atoms with Crippen LogP contribution in [0.3, 0.4) is 0 Å². The largest absolute Gasteiger partial charge is 0.377 e. The standard InChI is InChI=1S/C15H11BrCl2N2/c1-9(10-2-4-13(17)14(18)7-10)20-15-5-3-12(16)6-11(15)8-19/h2-7,9,20H,1H3. The van der Waals surface area contributed by atoms with Crippen LogP contribution in [0.4, 0.5) is 5.69 Å². The molecule has 20 heavy (non-hydrogen) atoms. The van der Waals surface area contributed by atoms with E-state index in [4.69, 9.17) is 28.5 Å². The number of rotatable bonds is 3. The lowest BCUT2D eigenvalue weighted by Crippen LogP contribution is -2.07. The van der Waals surface area contributed by atoms with Gasteiger partial charge in [-0.1, -0.05) is 45.2 Å². The fraction of sp³-hybridized carbons (Fsp3) is 0.133. The van der Waals surface area contributed by atoms with Gasteiger partial charge in [-0.05, 0) is 42.8 Å². The van der Waals surface area contributed by atoms with Crippen LogP contribution in [0.5, 0.6) is 0 Å². The van der Waals surface area contributed by atoms with Gasteiger partial charge in [0.2, 0.25) is 0 Å². The second-order valence-electron chi connectivity index (χ2n) is 4.34. The highest BCUT2D eigenvalue weighted by Gasteiger charge is 2.10. The number of nitriles is 1. The molecule has 1 unspecified atom stereocenters. The van der Waals surface area contributed by atoms with Gasteiger partial charge >= 0.3 is 0 Å². The van der Waals surface area contributed by atoms with Crippen molar-refractivity contribution in [3.63, 3.8) is 0 Å². The minimum absolute atomic E-state index is 0.0121. The van der Waals surface area contributed by atoms with Crippen molar-refractivity contribution in [1.29, 1.82) is 5.26 Å². The highest BCUT2D eigenvalue weighted by atomic mass is 79.9. The lowest BCUT2D eigenvalue weighted by molar-refractivity contribution is 0.884. The Morgan fingerprint density at radius 3 is 2.55 bits per heavy atom. The molecule has 0 saturated heterocycles. The summed E-state index contributed by atoms with van der Waals surface area (Å²) in [5.41, 5.74) is 2.38. The third-order valence-electron chi connectivity index (χ3n) is 2.92.